The van der Waals surface area contributed by atoms with E-state index in [9.17, 15) is 9.59 Å². The summed E-state index contributed by atoms with van der Waals surface area (Å²) in [5, 5.41) is 16.4. The van der Waals surface area contributed by atoms with Gasteiger partial charge < -0.3 is 70.5 Å². The van der Waals surface area contributed by atoms with Gasteiger partial charge in [0.15, 0.2) is 0 Å². The maximum atomic E-state index is 12.3. The molecule has 4 aromatic heterocycles. The van der Waals surface area contributed by atoms with Crippen molar-refractivity contribution in [3.63, 3.8) is 0 Å². The fourth-order valence-electron chi connectivity index (χ4n) is 8.49. The number of nitrogens with two attached hydrogens (primary N) is 1. The molecule has 8 aromatic rings. The highest BCUT2D eigenvalue weighted by Gasteiger charge is 2.22. The minimum atomic E-state index is -0.509. The lowest BCUT2D eigenvalue weighted by Gasteiger charge is -2.19. The van der Waals surface area contributed by atoms with E-state index in [0.717, 1.165) is 45.3 Å². The number of nitrogen functional groups attached to an aromatic ring is 1. The Hall–Kier alpha value is -8.87. The molecule has 27 heteroatoms. The largest absolute Gasteiger partial charge is 0.495 e. The topological polar surface area (TPSA) is 260 Å². The van der Waals surface area contributed by atoms with Gasteiger partial charge in [-0.1, -0.05) is 87.3 Å². The van der Waals surface area contributed by atoms with Crippen molar-refractivity contribution < 1.29 is 38.0 Å². The van der Waals surface area contributed by atoms with Gasteiger partial charge in [0.1, 0.15) is 104 Å². The first-order valence-corrected chi connectivity index (χ1v) is 30.2. The molecule has 0 saturated heterocycles. The number of hydrogen-bond acceptors (Lipinski definition) is 21. The zero-order valence-corrected chi connectivity index (χ0v) is 55.2. The molecule has 0 atom stereocenters. The number of aromatic nitrogens is 6. The van der Waals surface area contributed by atoms with Crippen LogP contribution in [0.5, 0.6) is 34.5 Å². The average molecular weight is 1340 g/mol. The number of carbonyl (C=O) groups is 2. The van der Waals surface area contributed by atoms with Gasteiger partial charge in [-0.25, -0.2) is 29.9 Å². The molecule has 0 spiro atoms. The van der Waals surface area contributed by atoms with E-state index in [4.69, 9.17) is 92.2 Å². The molecule has 0 aliphatic rings. The first kappa shape index (κ1) is 71.2. The number of halogens is 5. The molecule has 4 aromatic carbocycles. The number of anilines is 10. The summed E-state index contributed by atoms with van der Waals surface area (Å²) in [4.78, 5) is 53.0. The number of methoxy groups -OCH3 is 4. The van der Waals surface area contributed by atoms with Crippen molar-refractivity contribution in [2.45, 2.75) is 27.7 Å². The van der Waals surface area contributed by atoms with Crippen LogP contribution in [0.4, 0.5) is 57.4 Å². The Morgan fingerprint density at radius 3 is 1.32 bits per heavy atom. The molecular formula is C64H71Cl5N14O8. The highest BCUT2D eigenvalue weighted by atomic mass is 35.5. The van der Waals surface area contributed by atoms with Gasteiger partial charge in [-0.15, -0.1) is 0 Å². The second-order valence-electron chi connectivity index (χ2n) is 18.9. The summed E-state index contributed by atoms with van der Waals surface area (Å²) in [6.45, 7) is 21.7. The number of nitrogens with one attached hydrogen (secondary N) is 5. The summed E-state index contributed by atoms with van der Waals surface area (Å²) in [6, 6.07) is 25.0. The summed E-state index contributed by atoms with van der Waals surface area (Å²) in [7, 11) is 6.03. The third-order valence-electron chi connectivity index (χ3n) is 13.4. The van der Waals surface area contributed by atoms with Gasteiger partial charge in [0.05, 0.1) is 74.0 Å². The standard InChI is InChI=1S/C32H35Cl2N7O4.C29H33Cl2N7O3.C3H3ClO/c1-6-28(42)39-24-16-20(45-15-14-41(7-2)8-3)11-12-22(24)38-27-17-23(36-19-37-27)21-10-9-13-35-32(21)40-31-29(33)25(43-4)18-26(44-5)30(31)34;1-5-38(6-2)12-13-41-18-9-10-21(20(32)14-18)36-25-15-22(34-17-35-25)19-8-7-11-33-29(19)37-28-26(30)23(39-3)16-24(40-4)27(28)31;1-2-3(4)5/h6,9-13,16-19H,1,7-8,14-15H2,2-5H3,(H,35,40)(H,39,42)(H,36,37,38);7-11,14-17H,5-6,12-13,32H2,1-4H3,(H,33,37)(H,34,35,36);2H,1H2. The van der Waals surface area contributed by atoms with Crippen molar-refractivity contribution in [3.8, 4) is 57.0 Å². The molecular weight excluding hydrogens is 1270 g/mol. The van der Waals surface area contributed by atoms with E-state index in [1.54, 1.807) is 54.9 Å². The van der Waals surface area contributed by atoms with Crippen LogP contribution < -0.4 is 60.7 Å². The SMILES string of the molecule is C=CC(=O)Cl.C=CC(=O)Nc1cc(OCCN(CC)CC)ccc1Nc1cc(-c2cccnc2Nc2c(Cl)c(OC)cc(OC)c2Cl)ncn1.CCN(CC)CCOc1ccc(Nc2cc(-c3cccnc3Nc3c(Cl)c(OC)cc(OC)c3Cl)ncn2)c(N)c1. The normalized spacial score (nSPS) is 10.6. The highest BCUT2D eigenvalue weighted by Crippen LogP contribution is 2.48. The predicted octanol–water partition coefficient (Wildman–Crippen LogP) is 14.8. The Kier molecular flexibility index (Phi) is 28.2. The maximum Gasteiger partial charge on any atom is 0.247 e. The van der Waals surface area contributed by atoms with E-state index in [-0.39, 0.29) is 26.0 Å². The number of likely N-dealkylation sites (N-methyl/N-ethyl adjacent to an activating group) is 2. The summed E-state index contributed by atoms with van der Waals surface area (Å²) in [5.41, 5.74) is 11.9. The van der Waals surface area contributed by atoms with Crippen LogP contribution in [0.3, 0.4) is 0 Å². The summed E-state index contributed by atoms with van der Waals surface area (Å²) in [6.07, 6.45) is 8.41. The lowest BCUT2D eigenvalue weighted by molar-refractivity contribution is -0.112. The number of allylic oxidation sites excluding steroid dienone is 1. The number of benzene rings is 4. The van der Waals surface area contributed by atoms with Gasteiger partial charge in [-0.05, 0) is 98.5 Å². The second kappa shape index (κ2) is 36.1. The Balaban J connectivity index is 0.000000270. The van der Waals surface area contributed by atoms with Gasteiger partial charge in [0.25, 0.3) is 0 Å². The quantitative estimate of drug-likeness (QED) is 0.0145. The molecule has 91 heavy (non-hydrogen) atoms. The van der Waals surface area contributed by atoms with Gasteiger partial charge in [-0.2, -0.15) is 0 Å². The van der Waals surface area contributed by atoms with E-state index in [1.807, 2.05) is 42.5 Å². The molecule has 0 unspecified atom stereocenters. The van der Waals surface area contributed by atoms with Crippen LogP contribution in [0, 0.1) is 0 Å². The predicted molar refractivity (Wildman–Crippen MR) is 367 cm³/mol. The molecule has 0 saturated carbocycles. The van der Waals surface area contributed by atoms with Crippen LogP contribution in [0.15, 0.2) is 135 Å². The van der Waals surface area contributed by atoms with Crippen LogP contribution in [0.25, 0.3) is 22.5 Å². The first-order valence-electron chi connectivity index (χ1n) is 28.3. The van der Waals surface area contributed by atoms with Crippen molar-refractivity contribution in [1.29, 1.82) is 0 Å². The minimum Gasteiger partial charge on any atom is -0.495 e. The average Bonchev–Trinajstić information content (AvgIpc) is 2.45. The highest BCUT2D eigenvalue weighted by molar-refractivity contribution is 6.66. The number of hydrogen-bond donors (Lipinski definition) is 6. The summed E-state index contributed by atoms with van der Waals surface area (Å²) in [5.74, 6) is 4.46. The Morgan fingerprint density at radius 1 is 0.527 bits per heavy atom. The molecule has 7 N–H and O–H groups in total. The van der Waals surface area contributed by atoms with Crippen molar-refractivity contribution in [2.75, 3.05) is 113 Å². The number of pyridine rings is 2. The zero-order chi connectivity index (χ0) is 66.0. The van der Waals surface area contributed by atoms with E-state index >= 15 is 0 Å². The monoisotopic (exact) mass is 1340 g/mol. The molecule has 22 nitrogen and oxygen atoms in total. The molecule has 1 amide bonds. The third kappa shape index (κ3) is 20.1. The molecule has 480 valence electrons. The second-order valence-corrected chi connectivity index (χ2v) is 20.7. The molecule has 0 bridgehead atoms. The van der Waals surface area contributed by atoms with Gasteiger partial charge >= 0.3 is 0 Å². The summed E-state index contributed by atoms with van der Waals surface area (Å²) < 4.78 is 33.4. The smallest absolute Gasteiger partial charge is 0.247 e. The molecule has 8 rings (SSSR count). The maximum absolute atomic E-state index is 12.3. The van der Waals surface area contributed by atoms with Gasteiger partial charge in [0.2, 0.25) is 11.1 Å². The van der Waals surface area contributed by atoms with Crippen molar-refractivity contribution in [1.82, 2.24) is 39.7 Å². The molecule has 0 aliphatic heterocycles. The van der Waals surface area contributed by atoms with Crippen molar-refractivity contribution in [3.05, 3.63) is 155 Å². The zero-order valence-electron chi connectivity index (χ0n) is 51.4. The van der Waals surface area contributed by atoms with E-state index in [2.05, 4.69) is 107 Å². The number of carbonyl (C=O) groups excluding carboxylic acids is 2. The van der Waals surface area contributed by atoms with Crippen LogP contribution >= 0.6 is 58.0 Å². The van der Waals surface area contributed by atoms with Gasteiger partial charge in [0, 0.05) is 73.0 Å². The molecule has 0 fully saturated rings. The van der Waals surface area contributed by atoms with Crippen molar-refractivity contribution in [2.24, 2.45) is 0 Å². The van der Waals surface area contributed by atoms with E-state index in [1.165, 1.54) is 47.2 Å². The van der Waals surface area contributed by atoms with Crippen molar-refractivity contribution >= 4 is 127 Å². The Bertz CT molecular complexity index is 3710. The Morgan fingerprint density at radius 2 is 0.934 bits per heavy atom. The number of rotatable bonds is 29. The van der Waals surface area contributed by atoms with E-state index in [0.29, 0.717) is 128 Å². The number of ether oxygens (including phenoxy) is 6. The summed E-state index contributed by atoms with van der Waals surface area (Å²) >= 11 is 31.0. The fourth-order valence-corrected chi connectivity index (χ4v) is 9.68. The molecule has 4 heterocycles. The fraction of sp³-hybridized carbons (Fsp3) is 0.250. The first-order chi connectivity index (χ1) is 44.0. The Labute approximate surface area is 554 Å². The number of amides is 1. The van der Waals surface area contributed by atoms with Gasteiger partial charge in [-0.3, -0.25) is 9.59 Å². The minimum absolute atomic E-state index is 0.263. The van der Waals surface area contributed by atoms with Crippen LogP contribution in [0.2, 0.25) is 20.1 Å². The molecule has 0 aliphatic carbocycles. The third-order valence-corrected chi connectivity index (χ3v) is 15.1. The van der Waals surface area contributed by atoms with Crippen LogP contribution in [-0.2, 0) is 9.59 Å². The van der Waals surface area contributed by atoms with Crippen LogP contribution in [0.1, 0.15) is 27.7 Å². The molecule has 0 radical (unpaired) electrons. The number of nitrogens with zero attached hydrogens (tertiary/aromatic N) is 8. The lowest BCUT2D eigenvalue weighted by atomic mass is 10.1. The lowest BCUT2D eigenvalue weighted by Crippen LogP contribution is -2.27. The van der Waals surface area contributed by atoms with E-state index < -0.39 is 5.24 Å². The van der Waals surface area contributed by atoms with Crippen LogP contribution in [-0.4, -0.2) is 132 Å².